The van der Waals surface area contributed by atoms with Crippen molar-refractivity contribution in [2.45, 2.75) is 50.2 Å². The lowest BCUT2D eigenvalue weighted by molar-refractivity contribution is -0.0382. The molecule has 0 spiro atoms. The molecule has 1 aliphatic carbocycles. The first-order chi connectivity index (χ1) is 13.5. The van der Waals surface area contributed by atoms with Crippen molar-refractivity contribution < 1.29 is 4.74 Å². The minimum Gasteiger partial charge on any atom is -0.378 e. The second kappa shape index (κ2) is 8.45. The normalized spacial score (nSPS) is 26.4. The number of nitrogens with zero attached hydrogens (tertiary/aromatic N) is 4. The minimum atomic E-state index is 0.245. The Labute approximate surface area is 174 Å². The Morgan fingerprint density at radius 3 is 2.50 bits per heavy atom. The van der Waals surface area contributed by atoms with E-state index in [9.17, 15) is 0 Å². The number of aromatic nitrogens is 3. The van der Waals surface area contributed by atoms with Gasteiger partial charge in [0.15, 0.2) is 0 Å². The third-order valence-corrected chi connectivity index (χ3v) is 6.62. The molecule has 4 N–H and O–H groups in total. The molecule has 0 bridgehead atoms. The Balaban J connectivity index is 1.41. The molecule has 2 fully saturated rings. The molecule has 1 unspecified atom stereocenters. The summed E-state index contributed by atoms with van der Waals surface area (Å²) < 4.78 is 7.57. The minimum absolute atomic E-state index is 0.245. The Hall–Kier alpha value is -1.54. The highest BCUT2D eigenvalue weighted by molar-refractivity contribution is 6.42. The predicted octanol–water partition coefficient (Wildman–Crippen LogP) is 3.18. The Morgan fingerprint density at radius 1 is 1.07 bits per heavy atom. The Bertz CT molecular complexity index is 821. The third-order valence-electron chi connectivity index (χ3n) is 5.88. The molecule has 2 aromatic rings. The fraction of sp³-hybridized carbons (Fsp3) is 0.579. The first-order valence-electron chi connectivity index (χ1n) is 9.76. The van der Waals surface area contributed by atoms with Gasteiger partial charge in [-0.15, -0.1) is 5.10 Å². The molecule has 7 nitrogen and oxygen atoms in total. The van der Waals surface area contributed by atoms with E-state index in [1.165, 1.54) is 5.56 Å². The van der Waals surface area contributed by atoms with Crippen molar-refractivity contribution in [2.24, 2.45) is 0 Å². The van der Waals surface area contributed by atoms with Gasteiger partial charge in [-0.1, -0.05) is 29.3 Å². The van der Waals surface area contributed by atoms with Gasteiger partial charge in [-0.25, -0.2) is 4.68 Å². The van der Waals surface area contributed by atoms with E-state index in [-0.39, 0.29) is 12.0 Å². The van der Waals surface area contributed by atoms with E-state index in [0.29, 0.717) is 28.1 Å². The second-order valence-electron chi connectivity index (χ2n) is 7.65. The molecule has 152 valence electrons. The molecule has 28 heavy (non-hydrogen) atoms. The molecule has 2 heterocycles. The Kier molecular flexibility index (Phi) is 5.96. The zero-order chi connectivity index (χ0) is 19.7. The van der Waals surface area contributed by atoms with Crippen LogP contribution in [-0.4, -0.2) is 51.5 Å². The van der Waals surface area contributed by atoms with Gasteiger partial charge in [-0.05, 0) is 49.8 Å². The molecule has 1 atom stereocenters. The standard InChI is InChI=1S/C19H26Cl2N6O/c20-16-6-1-12(10-17(16)21)9-15-11-28-8-7-26(15)13-2-4-14(5-3-13)27-19(23)24-18(22)25-27/h1,6,10,13-15H,2-5,7-9,11H2,(H4,22,23,24,25). The zero-order valence-corrected chi connectivity index (χ0v) is 17.2. The maximum atomic E-state index is 6.20. The van der Waals surface area contributed by atoms with E-state index in [0.717, 1.165) is 51.9 Å². The van der Waals surface area contributed by atoms with Crippen LogP contribution in [0.15, 0.2) is 18.2 Å². The molecule has 9 heteroatoms. The predicted molar refractivity (Wildman–Crippen MR) is 112 cm³/mol. The average Bonchev–Trinajstić information content (AvgIpc) is 3.03. The van der Waals surface area contributed by atoms with Crippen molar-refractivity contribution in [1.29, 1.82) is 0 Å². The van der Waals surface area contributed by atoms with Gasteiger partial charge in [0, 0.05) is 18.6 Å². The summed E-state index contributed by atoms with van der Waals surface area (Å²) in [5.41, 5.74) is 12.8. The maximum Gasteiger partial charge on any atom is 0.241 e. The molecule has 1 saturated heterocycles. The van der Waals surface area contributed by atoms with Gasteiger partial charge in [-0.3, -0.25) is 4.90 Å². The van der Waals surface area contributed by atoms with Crippen LogP contribution in [0, 0.1) is 0 Å². The van der Waals surface area contributed by atoms with Crippen LogP contribution in [0.3, 0.4) is 0 Å². The van der Waals surface area contributed by atoms with Crippen LogP contribution in [0.5, 0.6) is 0 Å². The van der Waals surface area contributed by atoms with Crippen molar-refractivity contribution in [2.75, 3.05) is 31.2 Å². The van der Waals surface area contributed by atoms with Crippen LogP contribution in [0.4, 0.5) is 11.9 Å². The van der Waals surface area contributed by atoms with E-state index < -0.39 is 0 Å². The van der Waals surface area contributed by atoms with Gasteiger partial charge < -0.3 is 16.2 Å². The quantitative estimate of drug-likeness (QED) is 0.782. The van der Waals surface area contributed by atoms with Gasteiger partial charge in [0.2, 0.25) is 11.9 Å². The lowest BCUT2D eigenvalue weighted by atomic mass is 9.88. The largest absolute Gasteiger partial charge is 0.378 e. The van der Waals surface area contributed by atoms with Gasteiger partial charge in [-0.2, -0.15) is 4.98 Å². The molecule has 1 aliphatic heterocycles. The molecule has 0 amide bonds. The van der Waals surface area contributed by atoms with Gasteiger partial charge in [0.1, 0.15) is 0 Å². The van der Waals surface area contributed by atoms with E-state index in [2.05, 4.69) is 21.0 Å². The van der Waals surface area contributed by atoms with E-state index in [4.69, 9.17) is 39.4 Å². The highest BCUT2D eigenvalue weighted by Crippen LogP contribution is 2.34. The zero-order valence-electron chi connectivity index (χ0n) is 15.7. The topological polar surface area (TPSA) is 95.2 Å². The van der Waals surface area contributed by atoms with Crippen LogP contribution < -0.4 is 11.5 Å². The van der Waals surface area contributed by atoms with Crippen LogP contribution in [0.25, 0.3) is 0 Å². The van der Waals surface area contributed by atoms with E-state index in [1.54, 1.807) is 4.68 Å². The maximum absolute atomic E-state index is 6.20. The number of hydrogen-bond acceptors (Lipinski definition) is 6. The number of hydrogen-bond donors (Lipinski definition) is 2. The summed E-state index contributed by atoms with van der Waals surface area (Å²) in [5.74, 6) is 0.652. The summed E-state index contributed by atoms with van der Waals surface area (Å²) in [7, 11) is 0. The summed E-state index contributed by atoms with van der Waals surface area (Å²) in [6.07, 6.45) is 5.15. The number of morpholine rings is 1. The number of benzene rings is 1. The molecular formula is C19H26Cl2N6O. The first kappa shape index (κ1) is 19.8. The van der Waals surface area contributed by atoms with Crippen LogP contribution in [-0.2, 0) is 11.2 Å². The molecule has 0 radical (unpaired) electrons. The van der Waals surface area contributed by atoms with E-state index in [1.807, 2.05) is 12.1 Å². The molecular weight excluding hydrogens is 399 g/mol. The summed E-state index contributed by atoms with van der Waals surface area (Å²) in [6, 6.07) is 7.04. The van der Waals surface area contributed by atoms with Crippen molar-refractivity contribution in [3.63, 3.8) is 0 Å². The lowest BCUT2D eigenvalue weighted by Gasteiger charge is -2.44. The molecule has 2 aliphatic rings. The summed E-state index contributed by atoms with van der Waals surface area (Å²) in [5, 5.41) is 5.45. The lowest BCUT2D eigenvalue weighted by Crippen LogP contribution is -2.52. The molecule has 1 saturated carbocycles. The molecule has 4 rings (SSSR count). The number of rotatable bonds is 4. The number of anilines is 2. The highest BCUT2D eigenvalue weighted by atomic mass is 35.5. The SMILES string of the molecule is Nc1nc(N)n(C2CCC(N3CCOCC3Cc3ccc(Cl)c(Cl)c3)CC2)n1. The number of nitrogens with two attached hydrogens (primary N) is 2. The van der Waals surface area contributed by atoms with Crippen molar-refractivity contribution in [3.8, 4) is 0 Å². The summed E-state index contributed by atoms with van der Waals surface area (Å²) >= 11 is 12.3. The number of halogens is 2. The highest BCUT2D eigenvalue weighted by Gasteiger charge is 2.33. The fourth-order valence-electron chi connectivity index (χ4n) is 4.52. The fourth-order valence-corrected chi connectivity index (χ4v) is 4.84. The van der Waals surface area contributed by atoms with Gasteiger partial charge >= 0.3 is 0 Å². The monoisotopic (exact) mass is 424 g/mol. The van der Waals surface area contributed by atoms with Crippen LogP contribution >= 0.6 is 23.2 Å². The average molecular weight is 425 g/mol. The van der Waals surface area contributed by atoms with Crippen LogP contribution in [0.2, 0.25) is 10.0 Å². The second-order valence-corrected chi connectivity index (χ2v) is 8.47. The number of nitrogen functional groups attached to an aromatic ring is 2. The van der Waals surface area contributed by atoms with Gasteiger partial charge in [0.25, 0.3) is 0 Å². The smallest absolute Gasteiger partial charge is 0.241 e. The third kappa shape index (κ3) is 4.22. The van der Waals surface area contributed by atoms with Gasteiger partial charge in [0.05, 0.1) is 29.3 Å². The van der Waals surface area contributed by atoms with Crippen molar-refractivity contribution in [3.05, 3.63) is 33.8 Å². The molecule has 1 aromatic heterocycles. The molecule has 1 aromatic carbocycles. The summed E-state index contributed by atoms with van der Waals surface area (Å²) in [4.78, 5) is 6.64. The van der Waals surface area contributed by atoms with E-state index >= 15 is 0 Å². The Morgan fingerprint density at radius 2 is 1.82 bits per heavy atom. The first-order valence-corrected chi connectivity index (χ1v) is 10.5. The number of ether oxygens (including phenoxy) is 1. The summed E-state index contributed by atoms with van der Waals surface area (Å²) in [6.45, 7) is 2.48. The van der Waals surface area contributed by atoms with Crippen molar-refractivity contribution in [1.82, 2.24) is 19.7 Å². The van der Waals surface area contributed by atoms with Crippen molar-refractivity contribution >= 4 is 35.1 Å². The van der Waals surface area contributed by atoms with Crippen LogP contribution in [0.1, 0.15) is 37.3 Å².